The van der Waals surface area contributed by atoms with E-state index in [0.717, 1.165) is 29.8 Å². The van der Waals surface area contributed by atoms with Crippen LogP contribution in [0.15, 0.2) is 65.7 Å². The lowest BCUT2D eigenvalue weighted by Gasteiger charge is -2.14. The third-order valence-electron chi connectivity index (χ3n) is 4.24. The topological polar surface area (TPSA) is 45.9 Å². The number of alkyl halides is 3. The van der Waals surface area contributed by atoms with Gasteiger partial charge in [0.25, 0.3) is 0 Å². The molecule has 0 fully saturated rings. The van der Waals surface area contributed by atoms with Crippen LogP contribution in [-0.4, -0.2) is 11.6 Å². The lowest BCUT2D eigenvalue weighted by molar-refractivity contribution is -0.138. The molecule has 0 N–H and O–H groups in total. The minimum absolute atomic E-state index is 0.0671. The number of halogens is 3. The number of thioether (sulfide) groups is 1. The number of rotatable bonds is 7. The Kier molecular flexibility index (Phi) is 7.01. The predicted molar refractivity (Wildman–Crippen MR) is 111 cm³/mol. The molecule has 0 bridgehead atoms. The number of nitrogens with zero attached hydrogens (tertiary/aromatic N) is 2. The molecule has 30 heavy (non-hydrogen) atoms. The number of nitriles is 1. The van der Waals surface area contributed by atoms with Gasteiger partial charge in [0.2, 0.25) is 0 Å². The maximum absolute atomic E-state index is 13.7. The van der Waals surface area contributed by atoms with E-state index in [9.17, 15) is 18.4 Å². The fourth-order valence-corrected chi connectivity index (χ4v) is 3.73. The quantitative estimate of drug-likeness (QED) is 0.392. The highest BCUT2D eigenvalue weighted by Crippen LogP contribution is 2.38. The predicted octanol–water partition coefficient (Wildman–Crippen LogP) is 6.72. The molecular formula is C23H19F3N2OS. The molecule has 3 aromatic rings. The summed E-state index contributed by atoms with van der Waals surface area (Å²) in [5.74, 6) is 1.05. The molecule has 0 amide bonds. The zero-order valence-corrected chi connectivity index (χ0v) is 17.1. The number of hydrogen-bond acceptors (Lipinski definition) is 4. The summed E-state index contributed by atoms with van der Waals surface area (Å²) in [5, 5.41) is 9.49. The Morgan fingerprint density at radius 3 is 2.37 bits per heavy atom. The van der Waals surface area contributed by atoms with Crippen molar-refractivity contribution in [3.8, 4) is 23.1 Å². The fraction of sp³-hybridized carbons (Fsp3) is 0.217. The van der Waals surface area contributed by atoms with Gasteiger partial charge in [-0.15, -0.1) is 11.8 Å². The average Bonchev–Trinajstić information content (AvgIpc) is 2.76. The fourth-order valence-electron chi connectivity index (χ4n) is 2.77. The van der Waals surface area contributed by atoms with Gasteiger partial charge in [-0.2, -0.15) is 18.4 Å². The highest BCUT2D eigenvalue weighted by molar-refractivity contribution is 7.98. The summed E-state index contributed by atoms with van der Waals surface area (Å²) in [6, 6.07) is 18.7. The highest BCUT2D eigenvalue weighted by atomic mass is 32.2. The maximum atomic E-state index is 13.7. The molecule has 0 aliphatic rings. The van der Waals surface area contributed by atoms with Crippen molar-refractivity contribution in [1.29, 1.82) is 5.26 Å². The van der Waals surface area contributed by atoms with Crippen LogP contribution in [0, 0.1) is 11.3 Å². The average molecular weight is 428 g/mol. The highest BCUT2D eigenvalue weighted by Gasteiger charge is 2.36. The van der Waals surface area contributed by atoms with Crippen molar-refractivity contribution >= 4 is 11.8 Å². The third kappa shape index (κ3) is 5.33. The van der Waals surface area contributed by atoms with Crippen molar-refractivity contribution < 1.29 is 17.9 Å². The Hall–Kier alpha value is -2.98. The normalized spacial score (nSPS) is 11.2. The second-order valence-corrected chi connectivity index (χ2v) is 7.46. The second kappa shape index (κ2) is 9.68. The van der Waals surface area contributed by atoms with Crippen molar-refractivity contribution in [3.63, 3.8) is 0 Å². The van der Waals surface area contributed by atoms with Gasteiger partial charge in [-0.25, -0.2) is 4.98 Å². The van der Waals surface area contributed by atoms with Gasteiger partial charge in [-0.3, -0.25) is 0 Å². The molecule has 3 nitrogen and oxygen atoms in total. The van der Waals surface area contributed by atoms with Crippen LogP contribution in [0.3, 0.4) is 0 Å². The first-order valence-corrected chi connectivity index (χ1v) is 10.3. The molecule has 3 rings (SSSR count). The summed E-state index contributed by atoms with van der Waals surface area (Å²) in [6.45, 7) is 2.55. The minimum atomic E-state index is -4.66. The largest absolute Gasteiger partial charge is 0.494 e. The van der Waals surface area contributed by atoms with Crippen LogP contribution in [0.1, 0.15) is 30.0 Å². The van der Waals surface area contributed by atoms with E-state index >= 15 is 0 Å². The molecule has 0 atom stereocenters. The van der Waals surface area contributed by atoms with Crippen molar-refractivity contribution in [1.82, 2.24) is 4.98 Å². The van der Waals surface area contributed by atoms with Crippen LogP contribution >= 0.6 is 11.8 Å². The van der Waals surface area contributed by atoms with Crippen LogP contribution in [0.4, 0.5) is 13.2 Å². The zero-order chi connectivity index (χ0) is 21.6. The molecule has 0 aliphatic heterocycles. The molecule has 0 aliphatic carbocycles. The van der Waals surface area contributed by atoms with Gasteiger partial charge in [0.15, 0.2) is 0 Å². The standard InChI is InChI=1S/C23H19F3N2OS/c1-2-12-29-18-10-8-17(9-11-18)21-13-20(23(24,25)26)19(14-27)22(28-21)30-15-16-6-4-3-5-7-16/h3-11,13H,2,12,15H2,1H3. The van der Waals surface area contributed by atoms with Crippen molar-refractivity contribution in [3.05, 3.63) is 77.4 Å². The van der Waals surface area contributed by atoms with Gasteiger partial charge >= 0.3 is 6.18 Å². The summed E-state index contributed by atoms with van der Waals surface area (Å²) < 4.78 is 46.5. The van der Waals surface area contributed by atoms with E-state index in [-0.39, 0.29) is 10.7 Å². The Morgan fingerprint density at radius 2 is 1.77 bits per heavy atom. The molecule has 1 aromatic heterocycles. The first-order chi connectivity index (χ1) is 14.4. The summed E-state index contributed by atoms with van der Waals surface area (Å²) in [5.41, 5.74) is 0.200. The Bertz CT molecular complexity index is 1030. The molecule has 0 unspecified atom stereocenters. The molecule has 154 valence electrons. The number of pyridine rings is 1. The van der Waals surface area contributed by atoms with Crippen LogP contribution < -0.4 is 4.74 Å². The van der Waals surface area contributed by atoms with E-state index in [1.165, 1.54) is 0 Å². The summed E-state index contributed by atoms with van der Waals surface area (Å²) >= 11 is 1.12. The Morgan fingerprint density at radius 1 is 1.07 bits per heavy atom. The van der Waals surface area contributed by atoms with Crippen LogP contribution in [0.5, 0.6) is 5.75 Å². The third-order valence-corrected chi connectivity index (χ3v) is 5.29. The molecular weight excluding hydrogens is 409 g/mol. The lowest BCUT2D eigenvalue weighted by atomic mass is 10.1. The van der Waals surface area contributed by atoms with Crippen molar-refractivity contribution in [2.45, 2.75) is 30.3 Å². The van der Waals surface area contributed by atoms with Gasteiger partial charge in [0.05, 0.1) is 23.4 Å². The number of aromatic nitrogens is 1. The van der Waals surface area contributed by atoms with Crippen molar-refractivity contribution in [2.24, 2.45) is 0 Å². The van der Waals surface area contributed by atoms with Gasteiger partial charge < -0.3 is 4.74 Å². The van der Waals surface area contributed by atoms with E-state index < -0.39 is 17.3 Å². The molecule has 0 spiro atoms. The molecule has 1 heterocycles. The van der Waals surface area contributed by atoms with E-state index in [4.69, 9.17) is 4.74 Å². The number of benzene rings is 2. The number of hydrogen-bond donors (Lipinski definition) is 0. The van der Waals surface area contributed by atoms with Gasteiger partial charge in [0, 0.05) is 11.3 Å². The van der Waals surface area contributed by atoms with E-state index in [1.54, 1.807) is 30.3 Å². The van der Waals surface area contributed by atoms with E-state index in [0.29, 0.717) is 23.7 Å². The Balaban J connectivity index is 2.00. The summed E-state index contributed by atoms with van der Waals surface area (Å²) in [6.07, 6.45) is -3.80. The zero-order valence-electron chi connectivity index (χ0n) is 16.2. The molecule has 0 saturated carbocycles. The second-order valence-electron chi connectivity index (χ2n) is 6.49. The summed E-state index contributed by atoms with van der Waals surface area (Å²) in [7, 11) is 0. The van der Waals surface area contributed by atoms with Crippen LogP contribution in [0.25, 0.3) is 11.3 Å². The SMILES string of the molecule is CCCOc1ccc(-c2cc(C(F)(F)F)c(C#N)c(SCc3ccccc3)n2)cc1. The summed E-state index contributed by atoms with van der Waals surface area (Å²) in [4.78, 5) is 4.39. The van der Waals surface area contributed by atoms with Crippen molar-refractivity contribution in [2.75, 3.05) is 6.61 Å². The lowest BCUT2D eigenvalue weighted by Crippen LogP contribution is -2.10. The van der Waals surface area contributed by atoms with Gasteiger partial charge in [-0.1, -0.05) is 37.3 Å². The molecule has 7 heteroatoms. The van der Waals surface area contributed by atoms with Gasteiger partial charge in [-0.05, 0) is 42.3 Å². The van der Waals surface area contributed by atoms with E-state index in [2.05, 4.69) is 4.98 Å². The minimum Gasteiger partial charge on any atom is -0.494 e. The first kappa shape index (κ1) is 21.7. The molecule has 0 saturated heterocycles. The number of ether oxygens (including phenoxy) is 1. The molecule has 2 aromatic carbocycles. The van der Waals surface area contributed by atoms with Crippen LogP contribution in [0.2, 0.25) is 0 Å². The monoisotopic (exact) mass is 428 g/mol. The maximum Gasteiger partial charge on any atom is 0.417 e. The smallest absolute Gasteiger partial charge is 0.417 e. The van der Waals surface area contributed by atoms with Crippen LogP contribution in [-0.2, 0) is 11.9 Å². The molecule has 0 radical (unpaired) electrons. The van der Waals surface area contributed by atoms with E-state index in [1.807, 2.05) is 37.3 Å². The Labute approximate surface area is 177 Å². The first-order valence-electron chi connectivity index (χ1n) is 9.34. The van der Waals surface area contributed by atoms with Gasteiger partial charge in [0.1, 0.15) is 16.8 Å².